The Kier molecular flexibility index (Phi) is 4.25. The van der Waals surface area contributed by atoms with E-state index < -0.39 is 0 Å². The van der Waals surface area contributed by atoms with Crippen LogP contribution in [0, 0.1) is 5.82 Å². The molecule has 0 unspecified atom stereocenters. The molecule has 2 N–H and O–H groups in total. The van der Waals surface area contributed by atoms with E-state index in [4.69, 9.17) is 9.52 Å². The van der Waals surface area contributed by atoms with Crippen molar-refractivity contribution in [1.29, 1.82) is 0 Å². The lowest BCUT2D eigenvalue weighted by Crippen LogP contribution is -2.27. The maximum absolute atomic E-state index is 12.8. The lowest BCUT2D eigenvalue weighted by Gasteiger charge is -1.99. The van der Waals surface area contributed by atoms with Crippen molar-refractivity contribution in [3.63, 3.8) is 0 Å². The van der Waals surface area contributed by atoms with Crippen molar-refractivity contribution < 1.29 is 18.7 Å². The fourth-order valence-electron chi connectivity index (χ4n) is 1.54. The Bertz CT molecular complexity index is 551. The van der Waals surface area contributed by atoms with Crippen molar-refractivity contribution in [3.05, 3.63) is 42.0 Å². The summed E-state index contributed by atoms with van der Waals surface area (Å²) in [5.74, 6) is -0.239. The number of hydrogen-bond donors (Lipinski definition) is 2. The molecule has 19 heavy (non-hydrogen) atoms. The van der Waals surface area contributed by atoms with Crippen LogP contribution in [0.3, 0.4) is 0 Å². The van der Waals surface area contributed by atoms with Gasteiger partial charge in [0.2, 0.25) is 11.8 Å². The summed E-state index contributed by atoms with van der Waals surface area (Å²) in [6, 6.07) is 5.73. The number of hydrogen-bond acceptors (Lipinski definition) is 4. The molecule has 0 aliphatic rings. The zero-order valence-corrected chi connectivity index (χ0v) is 10.1. The van der Waals surface area contributed by atoms with Crippen molar-refractivity contribution in [1.82, 2.24) is 10.3 Å². The molecule has 100 valence electrons. The number of oxazole rings is 1. The van der Waals surface area contributed by atoms with Gasteiger partial charge in [-0.05, 0) is 24.3 Å². The Labute approximate surface area is 109 Å². The monoisotopic (exact) mass is 264 g/mol. The zero-order chi connectivity index (χ0) is 13.7. The van der Waals surface area contributed by atoms with Crippen molar-refractivity contribution >= 4 is 5.91 Å². The number of nitrogens with one attached hydrogen (secondary N) is 1. The highest BCUT2D eigenvalue weighted by Crippen LogP contribution is 2.18. The first-order valence-corrected chi connectivity index (χ1v) is 5.77. The Morgan fingerprint density at radius 2 is 2.11 bits per heavy atom. The fraction of sp³-hybridized carbons (Fsp3) is 0.231. The molecule has 1 amide bonds. The van der Waals surface area contributed by atoms with E-state index in [9.17, 15) is 9.18 Å². The molecule has 1 aromatic carbocycles. The van der Waals surface area contributed by atoms with Crippen LogP contribution in [0.2, 0.25) is 0 Å². The van der Waals surface area contributed by atoms with Crippen LogP contribution in [0.15, 0.2) is 34.9 Å². The summed E-state index contributed by atoms with van der Waals surface area (Å²) < 4.78 is 18.0. The van der Waals surface area contributed by atoms with Crippen LogP contribution < -0.4 is 5.32 Å². The van der Waals surface area contributed by atoms with Gasteiger partial charge in [-0.2, -0.15) is 0 Å². The third-order valence-corrected chi connectivity index (χ3v) is 2.42. The number of amides is 1. The predicted octanol–water partition coefficient (Wildman–Crippen LogP) is 1.13. The Morgan fingerprint density at radius 3 is 2.79 bits per heavy atom. The maximum Gasteiger partial charge on any atom is 0.226 e. The van der Waals surface area contributed by atoms with Crippen LogP contribution in [-0.4, -0.2) is 29.1 Å². The average molecular weight is 264 g/mol. The molecule has 0 radical (unpaired) electrons. The van der Waals surface area contributed by atoms with Crippen molar-refractivity contribution in [2.24, 2.45) is 0 Å². The van der Waals surface area contributed by atoms with E-state index in [1.54, 1.807) is 12.1 Å². The SMILES string of the molecule is O=C(Cc1coc(-c2ccc(F)cc2)n1)NCCO. The Hall–Kier alpha value is -2.21. The summed E-state index contributed by atoms with van der Waals surface area (Å²) in [4.78, 5) is 15.6. The molecule has 6 heteroatoms. The number of aliphatic hydroxyl groups is 1. The second kappa shape index (κ2) is 6.10. The van der Waals surface area contributed by atoms with Crippen LogP contribution in [0.5, 0.6) is 0 Å². The van der Waals surface area contributed by atoms with E-state index >= 15 is 0 Å². The molecule has 0 saturated carbocycles. The average Bonchev–Trinajstić information content (AvgIpc) is 2.85. The summed E-state index contributed by atoms with van der Waals surface area (Å²) in [5.41, 5.74) is 1.12. The summed E-state index contributed by atoms with van der Waals surface area (Å²) in [6.07, 6.45) is 1.46. The summed E-state index contributed by atoms with van der Waals surface area (Å²) in [7, 11) is 0. The third kappa shape index (κ3) is 3.62. The number of carbonyl (C=O) groups is 1. The second-order valence-electron chi connectivity index (χ2n) is 3.90. The minimum Gasteiger partial charge on any atom is -0.444 e. The highest BCUT2D eigenvalue weighted by molar-refractivity contribution is 5.78. The normalized spacial score (nSPS) is 10.4. The van der Waals surface area contributed by atoms with Gasteiger partial charge in [0.1, 0.15) is 12.1 Å². The van der Waals surface area contributed by atoms with E-state index in [-0.39, 0.29) is 31.3 Å². The number of benzene rings is 1. The number of nitrogens with zero attached hydrogens (tertiary/aromatic N) is 1. The highest BCUT2D eigenvalue weighted by atomic mass is 19.1. The van der Waals surface area contributed by atoms with Gasteiger partial charge < -0.3 is 14.8 Å². The summed E-state index contributed by atoms with van der Waals surface area (Å²) >= 11 is 0. The predicted molar refractivity (Wildman–Crippen MR) is 65.7 cm³/mol. The third-order valence-electron chi connectivity index (χ3n) is 2.42. The number of carbonyl (C=O) groups excluding carboxylic acids is 1. The molecular formula is C13H13FN2O3. The van der Waals surface area contributed by atoms with Gasteiger partial charge in [-0.25, -0.2) is 9.37 Å². The molecule has 2 aromatic rings. The van der Waals surface area contributed by atoms with Crippen molar-refractivity contribution in [3.8, 4) is 11.5 Å². The van der Waals surface area contributed by atoms with Crippen LogP contribution in [-0.2, 0) is 11.2 Å². The van der Waals surface area contributed by atoms with E-state index in [2.05, 4.69) is 10.3 Å². The molecule has 0 aliphatic carbocycles. The number of halogens is 1. The first-order chi connectivity index (χ1) is 9.19. The number of aliphatic hydroxyl groups excluding tert-OH is 1. The topological polar surface area (TPSA) is 75.4 Å². The van der Waals surface area contributed by atoms with Crippen molar-refractivity contribution in [2.75, 3.05) is 13.2 Å². The Morgan fingerprint density at radius 1 is 1.37 bits per heavy atom. The molecule has 0 aliphatic heterocycles. The van der Waals surface area contributed by atoms with Crippen LogP contribution in [0.4, 0.5) is 4.39 Å². The fourth-order valence-corrected chi connectivity index (χ4v) is 1.54. The molecule has 1 heterocycles. The standard InChI is InChI=1S/C13H13FN2O3/c14-10-3-1-9(2-4-10)13-16-11(8-19-13)7-12(18)15-5-6-17/h1-4,8,17H,5-7H2,(H,15,18). The van der Waals surface area contributed by atoms with Gasteiger partial charge in [0.25, 0.3) is 0 Å². The zero-order valence-electron chi connectivity index (χ0n) is 10.1. The molecular weight excluding hydrogens is 251 g/mol. The van der Waals surface area contributed by atoms with E-state index in [1.807, 2.05) is 0 Å². The van der Waals surface area contributed by atoms with Gasteiger partial charge in [-0.1, -0.05) is 0 Å². The second-order valence-corrected chi connectivity index (χ2v) is 3.90. The van der Waals surface area contributed by atoms with Crippen LogP contribution >= 0.6 is 0 Å². The molecule has 2 rings (SSSR count). The Balaban J connectivity index is 2.02. The lowest BCUT2D eigenvalue weighted by molar-refractivity contribution is -0.120. The summed E-state index contributed by atoms with van der Waals surface area (Å²) in [6.45, 7) is 0.104. The van der Waals surface area contributed by atoms with Gasteiger partial charge in [-0.3, -0.25) is 4.79 Å². The van der Waals surface area contributed by atoms with Gasteiger partial charge in [0, 0.05) is 12.1 Å². The van der Waals surface area contributed by atoms with Crippen molar-refractivity contribution in [2.45, 2.75) is 6.42 Å². The van der Waals surface area contributed by atoms with Gasteiger partial charge in [0.05, 0.1) is 18.7 Å². The summed E-state index contributed by atoms with van der Waals surface area (Å²) in [5, 5.41) is 11.1. The number of aromatic nitrogens is 1. The smallest absolute Gasteiger partial charge is 0.226 e. The lowest BCUT2D eigenvalue weighted by atomic mass is 10.2. The minimum absolute atomic E-state index is 0.0741. The van der Waals surface area contributed by atoms with E-state index in [0.717, 1.165) is 0 Å². The van der Waals surface area contributed by atoms with Gasteiger partial charge >= 0.3 is 0 Å². The van der Waals surface area contributed by atoms with E-state index in [1.165, 1.54) is 18.4 Å². The van der Waals surface area contributed by atoms with Gasteiger partial charge in [0.15, 0.2) is 0 Å². The molecule has 0 fully saturated rings. The molecule has 0 saturated heterocycles. The highest BCUT2D eigenvalue weighted by Gasteiger charge is 2.10. The first kappa shape index (κ1) is 13.2. The minimum atomic E-state index is -0.334. The molecule has 0 spiro atoms. The van der Waals surface area contributed by atoms with Crippen LogP contribution in [0.1, 0.15) is 5.69 Å². The molecule has 1 aromatic heterocycles. The molecule has 0 bridgehead atoms. The molecule has 0 atom stereocenters. The largest absolute Gasteiger partial charge is 0.444 e. The van der Waals surface area contributed by atoms with Crippen LogP contribution in [0.25, 0.3) is 11.5 Å². The quantitative estimate of drug-likeness (QED) is 0.849. The van der Waals surface area contributed by atoms with E-state index in [0.29, 0.717) is 17.1 Å². The first-order valence-electron chi connectivity index (χ1n) is 5.77. The van der Waals surface area contributed by atoms with Gasteiger partial charge in [-0.15, -0.1) is 0 Å². The maximum atomic E-state index is 12.8. The molecule has 5 nitrogen and oxygen atoms in total. The number of rotatable bonds is 5.